The van der Waals surface area contributed by atoms with Crippen LogP contribution in [-0.4, -0.2) is 41.3 Å². The number of hydrogen-bond acceptors (Lipinski definition) is 6. The zero-order valence-electron chi connectivity index (χ0n) is 17.1. The third kappa shape index (κ3) is 4.85. The minimum Gasteiger partial charge on any atom is -0.483 e. The second-order valence-electron chi connectivity index (χ2n) is 7.20. The summed E-state index contributed by atoms with van der Waals surface area (Å²) in [5.41, 5.74) is 2.72. The molecular formula is C23H23N3O4. The zero-order chi connectivity index (χ0) is 21.7. The highest BCUT2D eigenvalue weighted by Gasteiger charge is 2.20. The lowest BCUT2D eigenvalue weighted by atomic mass is 10.0. The number of carbonyl (C=O) groups is 1. The van der Waals surface area contributed by atoms with Crippen LogP contribution in [0.25, 0.3) is 11.3 Å². The van der Waals surface area contributed by atoms with Crippen LogP contribution in [0.2, 0.25) is 0 Å². The molecule has 7 nitrogen and oxygen atoms in total. The lowest BCUT2D eigenvalue weighted by molar-refractivity contribution is -0.142. The smallest absolute Gasteiger partial charge is 0.321 e. The summed E-state index contributed by atoms with van der Waals surface area (Å²) in [6.07, 6.45) is 0.0157. The molecule has 0 spiro atoms. The van der Waals surface area contributed by atoms with Gasteiger partial charge >= 0.3 is 5.97 Å². The van der Waals surface area contributed by atoms with Crippen molar-refractivity contribution in [3.05, 3.63) is 71.5 Å². The number of likely N-dealkylation sites (N-methyl/N-ethyl adjacent to an activating group) is 1. The zero-order valence-corrected chi connectivity index (χ0v) is 17.1. The normalized spacial score (nSPS) is 12.9. The summed E-state index contributed by atoms with van der Waals surface area (Å²) in [7, 11) is 3.50. The Balaban J connectivity index is 1.68. The summed E-state index contributed by atoms with van der Waals surface area (Å²) in [6.45, 7) is 1.85. The molecule has 3 aromatic rings. The molecule has 3 rings (SSSR count). The maximum absolute atomic E-state index is 11.4. The highest BCUT2D eigenvalue weighted by atomic mass is 16.5. The molecule has 1 aromatic heterocycles. The second-order valence-corrected chi connectivity index (χ2v) is 7.20. The van der Waals surface area contributed by atoms with E-state index in [0.29, 0.717) is 34.8 Å². The van der Waals surface area contributed by atoms with Gasteiger partial charge in [-0.2, -0.15) is 5.26 Å². The fourth-order valence-electron chi connectivity index (χ4n) is 3.09. The van der Waals surface area contributed by atoms with E-state index < -0.39 is 12.0 Å². The quantitative estimate of drug-likeness (QED) is 0.606. The van der Waals surface area contributed by atoms with Crippen molar-refractivity contribution in [1.82, 2.24) is 10.1 Å². The van der Waals surface area contributed by atoms with Gasteiger partial charge in [-0.1, -0.05) is 35.5 Å². The van der Waals surface area contributed by atoms with Crippen molar-refractivity contribution in [3.8, 4) is 23.1 Å². The molecular weight excluding hydrogens is 382 g/mol. The number of ether oxygens (including phenoxy) is 1. The van der Waals surface area contributed by atoms with E-state index in [-0.39, 0.29) is 6.10 Å². The maximum atomic E-state index is 11.4. The number of carboxylic acid groups (broad SMARTS) is 1. The van der Waals surface area contributed by atoms with Crippen LogP contribution in [0.4, 0.5) is 0 Å². The van der Waals surface area contributed by atoms with Crippen molar-refractivity contribution in [2.45, 2.75) is 25.5 Å². The van der Waals surface area contributed by atoms with Crippen molar-refractivity contribution in [1.29, 1.82) is 5.26 Å². The number of nitriles is 1. The second kappa shape index (κ2) is 9.25. The molecule has 0 saturated heterocycles. The third-order valence-corrected chi connectivity index (χ3v) is 4.83. The minimum absolute atomic E-state index is 0.389. The Morgan fingerprint density at radius 3 is 2.57 bits per heavy atom. The number of rotatable bonds is 8. The summed E-state index contributed by atoms with van der Waals surface area (Å²) < 4.78 is 11.4. The average Bonchev–Trinajstić information content (AvgIpc) is 3.23. The van der Waals surface area contributed by atoms with Gasteiger partial charge in [0.05, 0.1) is 11.6 Å². The van der Waals surface area contributed by atoms with Gasteiger partial charge in [0.25, 0.3) is 0 Å². The molecule has 7 heteroatoms. The molecule has 2 atom stereocenters. The molecule has 0 unspecified atom stereocenters. The van der Waals surface area contributed by atoms with Gasteiger partial charge in [-0.3, -0.25) is 9.69 Å². The van der Waals surface area contributed by atoms with Gasteiger partial charge in [0, 0.05) is 11.6 Å². The van der Waals surface area contributed by atoms with Crippen LogP contribution < -0.4 is 4.74 Å². The third-order valence-electron chi connectivity index (χ3n) is 4.83. The first kappa shape index (κ1) is 21.1. The van der Waals surface area contributed by atoms with Gasteiger partial charge in [0.2, 0.25) is 0 Å². The van der Waals surface area contributed by atoms with E-state index in [2.05, 4.69) is 11.2 Å². The molecule has 1 N–H and O–H groups in total. The van der Waals surface area contributed by atoms with Gasteiger partial charge in [-0.15, -0.1) is 0 Å². The molecule has 0 aliphatic rings. The number of benzene rings is 2. The molecule has 0 amide bonds. The summed E-state index contributed by atoms with van der Waals surface area (Å²) in [5.74, 6) is 0.326. The highest BCUT2D eigenvalue weighted by molar-refractivity contribution is 5.73. The topological polar surface area (TPSA) is 99.6 Å². The van der Waals surface area contributed by atoms with E-state index in [0.717, 1.165) is 5.56 Å². The Hall–Kier alpha value is -3.63. The van der Waals surface area contributed by atoms with Gasteiger partial charge < -0.3 is 14.4 Å². The fraction of sp³-hybridized carbons (Fsp3) is 0.261. The Morgan fingerprint density at radius 2 is 1.93 bits per heavy atom. The number of nitrogens with zero attached hydrogens (tertiary/aromatic N) is 3. The number of carboxylic acids is 1. The lowest BCUT2D eigenvalue weighted by Crippen LogP contribution is -2.37. The Kier molecular flexibility index (Phi) is 6.50. The molecule has 0 radical (unpaired) electrons. The van der Waals surface area contributed by atoms with Gasteiger partial charge in [0.15, 0.2) is 11.9 Å². The van der Waals surface area contributed by atoms with Crippen molar-refractivity contribution >= 4 is 5.97 Å². The van der Waals surface area contributed by atoms with Gasteiger partial charge in [-0.25, -0.2) is 0 Å². The van der Waals surface area contributed by atoms with Crippen LogP contribution in [0.1, 0.15) is 29.9 Å². The molecule has 0 saturated carbocycles. The molecule has 0 aliphatic carbocycles. The maximum Gasteiger partial charge on any atom is 0.321 e. The van der Waals surface area contributed by atoms with E-state index >= 15 is 0 Å². The van der Waals surface area contributed by atoms with Crippen LogP contribution in [0, 0.1) is 11.3 Å². The van der Waals surface area contributed by atoms with E-state index in [9.17, 15) is 15.2 Å². The Labute approximate surface area is 175 Å². The predicted octanol–water partition coefficient (Wildman–Crippen LogP) is 3.91. The van der Waals surface area contributed by atoms with Crippen molar-refractivity contribution < 1.29 is 19.2 Å². The first-order valence-corrected chi connectivity index (χ1v) is 9.50. The fourth-order valence-corrected chi connectivity index (χ4v) is 3.09. The molecule has 154 valence electrons. The van der Waals surface area contributed by atoms with Crippen molar-refractivity contribution in [2.24, 2.45) is 0 Å². The highest BCUT2D eigenvalue weighted by Crippen LogP contribution is 2.28. The summed E-state index contributed by atoms with van der Waals surface area (Å²) in [5, 5.41) is 22.7. The van der Waals surface area contributed by atoms with Crippen molar-refractivity contribution in [3.63, 3.8) is 0 Å². The Bertz CT molecular complexity index is 1050. The lowest BCUT2D eigenvalue weighted by Gasteiger charge is -2.20. The summed E-state index contributed by atoms with van der Waals surface area (Å²) in [4.78, 5) is 13.0. The van der Waals surface area contributed by atoms with Crippen LogP contribution in [0.15, 0.2) is 59.1 Å². The van der Waals surface area contributed by atoms with Crippen molar-refractivity contribution in [2.75, 3.05) is 14.1 Å². The van der Waals surface area contributed by atoms with E-state index in [1.165, 1.54) is 0 Å². The molecule has 2 aromatic carbocycles. The molecule has 0 fully saturated rings. The van der Waals surface area contributed by atoms with E-state index in [4.69, 9.17) is 9.26 Å². The largest absolute Gasteiger partial charge is 0.483 e. The SMILES string of the molecule is C[C@H](Oc1ccc(C[C@@H](C(=O)O)N(C)C)cc1)c1cc(-c2ccccc2C#N)no1. The molecule has 1 heterocycles. The van der Waals surface area contributed by atoms with E-state index in [1.807, 2.05) is 43.3 Å². The average molecular weight is 405 g/mol. The monoisotopic (exact) mass is 405 g/mol. The first-order valence-electron chi connectivity index (χ1n) is 9.50. The van der Waals surface area contributed by atoms with Crippen LogP contribution in [-0.2, 0) is 11.2 Å². The number of hydrogen-bond donors (Lipinski definition) is 1. The first-order chi connectivity index (χ1) is 14.4. The standard InChI is InChI=1S/C23H23N3O4/c1-15(22-13-20(25-30-22)19-7-5-4-6-17(19)14-24)29-18-10-8-16(9-11-18)12-21(23(27)28)26(2)3/h4-11,13,15,21H,12H2,1-3H3,(H,27,28)/t15-,21-/m0/s1. The van der Waals surface area contributed by atoms with Crippen LogP contribution in [0.3, 0.4) is 0 Å². The minimum atomic E-state index is -0.854. The number of aromatic nitrogens is 1. The summed E-state index contributed by atoms with van der Waals surface area (Å²) in [6, 6.07) is 17.9. The Morgan fingerprint density at radius 1 is 1.23 bits per heavy atom. The van der Waals surface area contributed by atoms with Gasteiger partial charge in [-0.05, 0) is 51.2 Å². The van der Waals surface area contributed by atoms with Gasteiger partial charge in [0.1, 0.15) is 17.5 Å². The number of aliphatic carboxylic acids is 1. The molecule has 0 aliphatic heterocycles. The summed E-state index contributed by atoms with van der Waals surface area (Å²) >= 11 is 0. The van der Waals surface area contributed by atoms with Crippen LogP contribution >= 0.6 is 0 Å². The predicted molar refractivity (Wildman–Crippen MR) is 111 cm³/mol. The molecule has 0 bridgehead atoms. The van der Waals surface area contributed by atoms with Crippen LogP contribution in [0.5, 0.6) is 5.75 Å². The van der Waals surface area contributed by atoms with E-state index in [1.54, 1.807) is 37.2 Å². The molecule has 30 heavy (non-hydrogen) atoms.